The van der Waals surface area contributed by atoms with E-state index in [1.807, 2.05) is 67.6 Å². The van der Waals surface area contributed by atoms with Gasteiger partial charge < -0.3 is 8.83 Å². The maximum Gasteiger partial charge on any atom is 0.237 e. The van der Waals surface area contributed by atoms with Gasteiger partial charge >= 0.3 is 0 Å². The number of rotatable bonds is 3. The quantitative estimate of drug-likeness (QED) is 0.363. The summed E-state index contributed by atoms with van der Waals surface area (Å²) in [4.78, 5) is 11.2. The molecule has 3 aromatic heterocycles. The highest BCUT2D eigenvalue weighted by atomic mass is 32.1. The Morgan fingerprint density at radius 1 is 0.778 bits per heavy atom. The van der Waals surface area contributed by atoms with Gasteiger partial charge in [0.05, 0.1) is 4.88 Å². The Hall–Kier alpha value is -3.18. The number of fused-ring (bicyclic) bond motifs is 2. The predicted molar refractivity (Wildman–Crippen MR) is 110 cm³/mol. The molecule has 0 aliphatic carbocycles. The number of nitrogens with zero attached hydrogens (tertiary/aromatic N) is 2. The number of aryl methyl sites for hydroxylation is 2. The van der Waals surface area contributed by atoms with Crippen LogP contribution in [0.4, 0.5) is 0 Å². The van der Waals surface area contributed by atoms with Crippen LogP contribution in [0.3, 0.4) is 0 Å². The van der Waals surface area contributed by atoms with Crippen LogP contribution in [0.1, 0.15) is 21.9 Å². The summed E-state index contributed by atoms with van der Waals surface area (Å²) < 4.78 is 11.6. The Kier molecular flexibility index (Phi) is 3.69. The highest BCUT2D eigenvalue weighted by molar-refractivity contribution is 7.16. The van der Waals surface area contributed by atoms with Gasteiger partial charge in [-0.25, -0.2) is 9.97 Å². The first-order valence-electron chi connectivity index (χ1n) is 8.67. The fourth-order valence-corrected chi connectivity index (χ4v) is 3.82. The Balaban J connectivity index is 1.42. The summed E-state index contributed by atoms with van der Waals surface area (Å²) in [6, 6.07) is 16.1. The summed E-state index contributed by atoms with van der Waals surface area (Å²) >= 11 is 1.62. The number of oxazole rings is 2. The molecule has 0 aliphatic rings. The lowest BCUT2D eigenvalue weighted by Crippen LogP contribution is -1.72. The standard InChI is InChI=1S/C22H16N2O2S/c1-13-3-7-18-16(11-13)23-21(25-18)10-6-15-5-9-20(27-15)22-24-17-12-14(2)4-8-19(17)26-22/h3-12H,1-2H3. The number of hydrogen-bond donors (Lipinski definition) is 0. The van der Waals surface area contributed by atoms with Crippen molar-refractivity contribution in [1.82, 2.24) is 9.97 Å². The lowest BCUT2D eigenvalue weighted by atomic mass is 10.2. The Morgan fingerprint density at radius 2 is 1.48 bits per heavy atom. The van der Waals surface area contributed by atoms with Crippen molar-refractivity contribution in [2.45, 2.75) is 13.8 Å². The van der Waals surface area contributed by atoms with E-state index in [-0.39, 0.29) is 0 Å². The topological polar surface area (TPSA) is 52.1 Å². The van der Waals surface area contributed by atoms with E-state index >= 15 is 0 Å². The molecule has 0 unspecified atom stereocenters. The lowest BCUT2D eigenvalue weighted by Gasteiger charge is -1.87. The SMILES string of the molecule is Cc1ccc2oc(C=Cc3ccc(-c4nc5cc(C)ccc5o4)s3)nc2c1. The molecule has 0 spiro atoms. The third-order valence-electron chi connectivity index (χ3n) is 4.33. The fraction of sp³-hybridized carbons (Fsp3) is 0.0909. The summed E-state index contributed by atoms with van der Waals surface area (Å²) in [7, 11) is 0. The highest BCUT2D eigenvalue weighted by Crippen LogP contribution is 2.31. The average Bonchev–Trinajstić information content (AvgIpc) is 3.36. The molecule has 2 aromatic carbocycles. The predicted octanol–water partition coefficient (Wildman–Crippen LogP) is 6.48. The first kappa shape index (κ1) is 16.0. The van der Waals surface area contributed by atoms with Crippen molar-refractivity contribution in [2.24, 2.45) is 0 Å². The molecule has 27 heavy (non-hydrogen) atoms. The van der Waals surface area contributed by atoms with Gasteiger partial charge in [-0.15, -0.1) is 11.3 Å². The number of thiophene rings is 1. The Bertz CT molecular complexity index is 1310. The van der Waals surface area contributed by atoms with Crippen LogP contribution in [0.15, 0.2) is 57.4 Å². The Labute approximate surface area is 159 Å². The smallest absolute Gasteiger partial charge is 0.237 e. The summed E-state index contributed by atoms with van der Waals surface area (Å²) in [5.74, 6) is 1.25. The van der Waals surface area contributed by atoms with Gasteiger partial charge in [0.2, 0.25) is 11.8 Å². The monoisotopic (exact) mass is 372 g/mol. The van der Waals surface area contributed by atoms with Crippen LogP contribution in [-0.4, -0.2) is 9.97 Å². The second-order valence-corrected chi connectivity index (χ2v) is 7.66. The van der Waals surface area contributed by atoms with Gasteiger partial charge in [0, 0.05) is 11.0 Å². The molecule has 5 heteroatoms. The second-order valence-electron chi connectivity index (χ2n) is 6.55. The minimum absolute atomic E-state index is 0.600. The highest BCUT2D eigenvalue weighted by Gasteiger charge is 2.10. The molecular formula is C22H16N2O2S. The summed E-state index contributed by atoms with van der Waals surface area (Å²) in [6.45, 7) is 4.10. The zero-order valence-corrected chi connectivity index (χ0v) is 15.7. The van der Waals surface area contributed by atoms with Crippen LogP contribution < -0.4 is 0 Å². The van der Waals surface area contributed by atoms with Crippen LogP contribution >= 0.6 is 11.3 Å². The lowest BCUT2D eigenvalue weighted by molar-refractivity contribution is 0.589. The third-order valence-corrected chi connectivity index (χ3v) is 5.37. The van der Waals surface area contributed by atoms with Crippen LogP contribution in [0.5, 0.6) is 0 Å². The van der Waals surface area contributed by atoms with Gasteiger partial charge in [-0.2, -0.15) is 0 Å². The van der Waals surface area contributed by atoms with Crippen molar-refractivity contribution in [1.29, 1.82) is 0 Å². The van der Waals surface area contributed by atoms with Crippen molar-refractivity contribution >= 4 is 45.7 Å². The van der Waals surface area contributed by atoms with Gasteiger partial charge in [-0.1, -0.05) is 12.1 Å². The van der Waals surface area contributed by atoms with E-state index in [0.717, 1.165) is 32.0 Å². The van der Waals surface area contributed by atoms with Gasteiger partial charge in [0.15, 0.2) is 11.2 Å². The molecule has 0 fully saturated rings. The van der Waals surface area contributed by atoms with E-state index in [2.05, 4.69) is 16.9 Å². The van der Waals surface area contributed by atoms with Gasteiger partial charge in [-0.05, 0) is 67.4 Å². The Morgan fingerprint density at radius 3 is 2.26 bits per heavy atom. The molecule has 3 heterocycles. The van der Waals surface area contributed by atoms with Crippen molar-refractivity contribution in [3.63, 3.8) is 0 Å². The van der Waals surface area contributed by atoms with Crippen LogP contribution in [0.25, 0.3) is 45.1 Å². The van der Waals surface area contributed by atoms with Crippen molar-refractivity contribution in [3.05, 3.63) is 70.4 Å². The molecule has 0 N–H and O–H groups in total. The van der Waals surface area contributed by atoms with Crippen LogP contribution in [0, 0.1) is 13.8 Å². The number of aromatic nitrogens is 2. The first-order chi connectivity index (χ1) is 13.1. The van der Waals surface area contributed by atoms with E-state index in [9.17, 15) is 0 Å². The van der Waals surface area contributed by atoms with E-state index in [1.54, 1.807) is 11.3 Å². The van der Waals surface area contributed by atoms with Gasteiger partial charge in [0.25, 0.3) is 0 Å². The van der Waals surface area contributed by atoms with Gasteiger partial charge in [0.1, 0.15) is 11.0 Å². The normalized spacial score (nSPS) is 11.9. The average molecular weight is 372 g/mol. The zero-order chi connectivity index (χ0) is 18.4. The fourth-order valence-electron chi connectivity index (χ4n) is 2.98. The van der Waals surface area contributed by atoms with Crippen molar-refractivity contribution in [3.8, 4) is 10.8 Å². The largest absolute Gasteiger partial charge is 0.437 e. The maximum atomic E-state index is 5.88. The number of hydrogen-bond acceptors (Lipinski definition) is 5. The minimum atomic E-state index is 0.600. The van der Waals surface area contributed by atoms with E-state index in [0.29, 0.717) is 11.8 Å². The van der Waals surface area contributed by atoms with Crippen LogP contribution in [0.2, 0.25) is 0 Å². The maximum absolute atomic E-state index is 5.88. The molecular weight excluding hydrogens is 356 g/mol. The van der Waals surface area contributed by atoms with Crippen LogP contribution in [-0.2, 0) is 0 Å². The molecule has 0 radical (unpaired) electrons. The van der Waals surface area contributed by atoms with E-state index in [4.69, 9.17) is 8.83 Å². The van der Waals surface area contributed by atoms with Gasteiger partial charge in [-0.3, -0.25) is 0 Å². The number of benzene rings is 2. The molecule has 0 amide bonds. The summed E-state index contributed by atoms with van der Waals surface area (Å²) in [5, 5.41) is 0. The molecule has 132 valence electrons. The molecule has 0 saturated carbocycles. The van der Waals surface area contributed by atoms with Crippen molar-refractivity contribution in [2.75, 3.05) is 0 Å². The molecule has 5 rings (SSSR count). The van der Waals surface area contributed by atoms with E-state index < -0.39 is 0 Å². The summed E-state index contributed by atoms with van der Waals surface area (Å²) in [5.41, 5.74) is 5.71. The molecule has 0 aliphatic heterocycles. The molecule has 5 aromatic rings. The zero-order valence-electron chi connectivity index (χ0n) is 14.9. The summed E-state index contributed by atoms with van der Waals surface area (Å²) in [6.07, 6.45) is 3.89. The molecule has 0 atom stereocenters. The first-order valence-corrected chi connectivity index (χ1v) is 9.48. The minimum Gasteiger partial charge on any atom is -0.437 e. The third kappa shape index (κ3) is 3.06. The molecule has 4 nitrogen and oxygen atoms in total. The van der Waals surface area contributed by atoms with E-state index in [1.165, 1.54) is 11.1 Å². The molecule has 0 saturated heterocycles. The second kappa shape index (κ2) is 6.21. The van der Waals surface area contributed by atoms with Crippen molar-refractivity contribution < 1.29 is 8.83 Å². The molecule has 0 bridgehead atoms.